The number of benzene rings is 2. The average Bonchev–Trinajstić information content (AvgIpc) is 3.17. The first kappa shape index (κ1) is 23.5. The van der Waals surface area contributed by atoms with Gasteiger partial charge in [0.1, 0.15) is 17.1 Å². The Morgan fingerprint density at radius 1 is 1.00 bits per heavy atom. The zero-order chi connectivity index (χ0) is 23.3. The van der Waals surface area contributed by atoms with Crippen LogP contribution in [-0.2, 0) is 16.1 Å². The largest absolute Gasteiger partial charge is 0.494 e. The average molecular weight is 437 g/mol. The smallest absolute Gasteiger partial charge is 0.161 e. The van der Waals surface area contributed by atoms with E-state index >= 15 is 0 Å². The van der Waals surface area contributed by atoms with E-state index in [-0.39, 0.29) is 12.4 Å². The molecule has 170 valence electrons. The van der Waals surface area contributed by atoms with Gasteiger partial charge in [0.05, 0.1) is 36.9 Å². The van der Waals surface area contributed by atoms with E-state index in [1.165, 1.54) is 6.92 Å². The summed E-state index contributed by atoms with van der Waals surface area (Å²) in [7, 11) is 0. The number of nitrogens with zero attached hydrogens (tertiary/aromatic N) is 2. The maximum atomic E-state index is 11.9. The fourth-order valence-electron chi connectivity index (χ4n) is 3.27. The van der Waals surface area contributed by atoms with Crippen LogP contribution in [0.25, 0.3) is 16.9 Å². The number of hydrogen-bond donors (Lipinski definition) is 0. The second-order valence-electron chi connectivity index (χ2n) is 8.13. The lowest BCUT2D eigenvalue weighted by molar-refractivity contribution is -0.139. The number of rotatable bonds is 10. The fraction of sp³-hybridized carbons (Fsp3) is 0.385. The van der Waals surface area contributed by atoms with Crippen LogP contribution in [0.2, 0.25) is 0 Å². The molecule has 0 N–H and O–H groups in total. The number of ether oxygens (including phenoxy) is 3. The Morgan fingerprint density at radius 2 is 1.62 bits per heavy atom. The van der Waals surface area contributed by atoms with Gasteiger partial charge in [-0.3, -0.25) is 4.79 Å². The van der Waals surface area contributed by atoms with E-state index in [1.807, 2.05) is 61.0 Å². The Morgan fingerprint density at radius 3 is 2.19 bits per heavy atom. The van der Waals surface area contributed by atoms with Gasteiger partial charge in [0.15, 0.2) is 5.78 Å². The molecule has 0 radical (unpaired) electrons. The second kappa shape index (κ2) is 10.0. The molecule has 1 heterocycles. The molecule has 0 fully saturated rings. The third kappa shape index (κ3) is 5.37. The molecule has 0 aliphatic carbocycles. The van der Waals surface area contributed by atoms with Crippen LogP contribution in [0, 0.1) is 6.92 Å². The lowest BCUT2D eigenvalue weighted by Crippen LogP contribution is -2.32. The third-order valence-electron chi connectivity index (χ3n) is 5.33. The van der Waals surface area contributed by atoms with Crippen LogP contribution in [0.3, 0.4) is 0 Å². The van der Waals surface area contributed by atoms with Gasteiger partial charge in [-0.15, -0.1) is 0 Å². The van der Waals surface area contributed by atoms with Gasteiger partial charge < -0.3 is 14.2 Å². The molecule has 2 aromatic carbocycles. The first-order valence-electron chi connectivity index (χ1n) is 11.0. The van der Waals surface area contributed by atoms with Gasteiger partial charge in [0.2, 0.25) is 0 Å². The van der Waals surface area contributed by atoms with E-state index in [0.29, 0.717) is 13.2 Å². The highest BCUT2D eigenvalue weighted by Crippen LogP contribution is 2.33. The molecule has 3 rings (SSSR count). The molecule has 3 aromatic rings. The predicted octanol–water partition coefficient (Wildman–Crippen LogP) is 5.53. The van der Waals surface area contributed by atoms with Crippen LogP contribution in [-0.4, -0.2) is 34.4 Å². The van der Waals surface area contributed by atoms with Crippen molar-refractivity contribution in [3.63, 3.8) is 0 Å². The highest BCUT2D eigenvalue weighted by Gasteiger charge is 2.25. The summed E-state index contributed by atoms with van der Waals surface area (Å²) in [5.74, 6) is 1.45. The molecule has 6 nitrogen and oxygen atoms in total. The van der Waals surface area contributed by atoms with Crippen LogP contribution >= 0.6 is 0 Å². The van der Waals surface area contributed by atoms with Gasteiger partial charge in [-0.1, -0.05) is 18.2 Å². The van der Waals surface area contributed by atoms with Crippen molar-refractivity contribution in [2.75, 3.05) is 13.2 Å². The molecule has 0 unspecified atom stereocenters. The molecule has 1 aromatic heterocycles. The summed E-state index contributed by atoms with van der Waals surface area (Å²) >= 11 is 0. The van der Waals surface area contributed by atoms with Crippen molar-refractivity contribution in [3.05, 3.63) is 59.8 Å². The van der Waals surface area contributed by atoms with Crippen molar-refractivity contribution in [3.8, 4) is 28.4 Å². The lowest BCUT2D eigenvalue weighted by Gasteiger charge is -2.21. The minimum Gasteiger partial charge on any atom is -0.494 e. The van der Waals surface area contributed by atoms with Crippen molar-refractivity contribution in [1.82, 2.24) is 9.78 Å². The van der Waals surface area contributed by atoms with Crippen molar-refractivity contribution in [2.24, 2.45) is 0 Å². The number of hydrogen-bond acceptors (Lipinski definition) is 5. The topological polar surface area (TPSA) is 62.6 Å². The first-order valence-corrected chi connectivity index (χ1v) is 11.0. The molecule has 0 saturated heterocycles. The summed E-state index contributed by atoms with van der Waals surface area (Å²) in [6.07, 6.45) is 0. The van der Waals surface area contributed by atoms with E-state index in [4.69, 9.17) is 19.3 Å². The van der Waals surface area contributed by atoms with Crippen molar-refractivity contribution >= 4 is 5.78 Å². The molecule has 0 aliphatic rings. The van der Waals surface area contributed by atoms with Crippen LogP contribution in [0.1, 0.15) is 45.9 Å². The molecule has 0 amide bonds. The zero-order valence-corrected chi connectivity index (χ0v) is 19.8. The van der Waals surface area contributed by atoms with E-state index in [0.717, 1.165) is 39.7 Å². The van der Waals surface area contributed by atoms with Crippen LogP contribution in [0.5, 0.6) is 11.5 Å². The quantitative estimate of drug-likeness (QED) is 0.418. The van der Waals surface area contributed by atoms with Gasteiger partial charge in [0.25, 0.3) is 0 Å². The van der Waals surface area contributed by atoms with Crippen LogP contribution < -0.4 is 9.47 Å². The Hall–Kier alpha value is -3.12. The second-order valence-corrected chi connectivity index (χ2v) is 8.13. The summed E-state index contributed by atoms with van der Waals surface area (Å²) in [4.78, 5) is 11.9. The number of carbonyl (C=O) groups excluding carboxylic acids is 1. The molecule has 0 aliphatic heterocycles. The minimum absolute atomic E-state index is 0.0261. The van der Waals surface area contributed by atoms with Gasteiger partial charge >= 0.3 is 0 Å². The van der Waals surface area contributed by atoms with Gasteiger partial charge in [0, 0.05) is 11.6 Å². The number of carbonyl (C=O) groups is 1. The highest BCUT2D eigenvalue weighted by atomic mass is 16.5. The van der Waals surface area contributed by atoms with Gasteiger partial charge in [-0.25, -0.2) is 4.68 Å². The predicted molar refractivity (Wildman–Crippen MR) is 126 cm³/mol. The monoisotopic (exact) mass is 436 g/mol. The van der Waals surface area contributed by atoms with Crippen LogP contribution in [0.15, 0.2) is 48.5 Å². The first-order chi connectivity index (χ1) is 15.2. The van der Waals surface area contributed by atoms with Crippen molar-refractivity contribution in [1.29, 1.82) is 0 Å². The van der Waals surface area contributed by atoms with E-state index in [1.54, 1.807) is 13.8 Å². The molecule has 0 bridgehead atoms. The SMILES string of the molecule is CCOc1cc(OCC)cc(-c2cc(COC(C)(C)C(C)=O)nn2-c2ccccc2C)c1. The van der Waals surface area contributed by atoms with E-state index in [9.17, 15) is 4.79 Å². The molecule has 32 heavy (non-hydrogen) atoms. The summed E-state index contributed by atoms with van der Waals surface area (Å²) in [6, 6.07) is 15.9. The van der Waals surface area contributed by atoms with Crippen LogP contribution in [0.4, 0.5) is 0 Å². The Labute approximate surface area is 190 Å². The summed E-state index contributed by atoms with van der Waals surface area (Å²) in [5, 5.41) is 4.83. The Bertz CT molecular complexity index is 1060. The molecular weight excluding hydrogens is 404 g/mol. The molecule has 0 saturated carbocycles. The van der Waals surface area contributed by atoms with E-state index in [2.05, 4.69) is 13.0 Å². The minimum atomic E-state index is -0.871. The number of ketones is 1. The summed E-state index contributed by atoms with van der Waals surface area (Å²) < 4.78 is 19.4. The maximum Gasteiger partial charge on any atom is 0.161 e. The third-order valence-corrected chi connectivity index (χ3v) is 5.33. The van der Waals surface area contributed by atoms with Crippen molar-refractivity contribution in [2.45, 2.75) is 53.8 Å². The number of aromatic nitrogens is 2. The molecular formula is C26H32N2O4. The number of Topliss-reactive ketones (excluding diaryl/α,β-unsaturated/α-hetero) is 1. The maximum absolute atomic E-state index is 11.9. The molecule has 0 spiro atoms. The number of aryl methyl sites for hydroxylation is 1. The molecule has 6 heteroatoms. The number of para-hydroxylation sites is 1. The van der Waals surface area contributed by atoms with E-state index < -0.39 is 5.60 Å². The molecule has 0 atom stereocenters. The summed E-state index contributed by atoms with van der Waals surface area (Å²) in [6.45, 7) is 12.4. The fourth-order valence-corrected chi connectivity index (χ4v) is 3.27. The van der Waals surface area contributed by atoms with Gasteiger partial charge in [-0.05, 0) is 71.4 Å². The van der Waals surface area contributed by atoms with Crippen molar-refractivity contribution < 1.29 is 19.0 Å². The van der Waals surface area contributed by atoms with Gasteiger partial charge in [-0.2, -0.15) is 5.10 Å². The highest BCUT2D eigenvalue weighted by molar-refractivity contribution is 5.83. The lowest BCUT2D eigenvalue weighted by atomic mass is 10.1. The summed E-state index contributed by atoms with van der Waals surface area (Å²) in [5.41, 5.74) is 3.74. The Kier molecular flexibility index (Phi) is 7.36. The normalized spacial score (nSPS) is 11.4. The zero-order valence-electron chi connectivity index (χ0n) is 19.8. The Balaban J connectivity index is 2.10. The standard InChI is InChI=1S/C26H32N2O4/c1-7-30-22-13-20(14-23(16-22)31-8-2)25-15-21(17-32-26(5,6)19(4)29)27-28(25)24-12-10-9-11-18(24)3/h9-16H,7-8,17H2,1-6H3.